The molecule has 2 rings (SSSR count). The quantitative estimate of drug-likeness (QED) is 0.733. The number of benzene rings is 1. The van der Waals surface area contributed by atoms with E-state index in [1.54, 1.807) is 0 Å². The molecule has 0 aliphatic heterocycles. The van der Waals surface area contributed by atoms with Crippen molar-refractivity contribution in [3.8, 4) is 0 Å². The Morgan fingerprint density at radius 2 is 2.07 bits per heavy atom. The molecule has 0 aliphatic carbocycles. The first-order valence-corrected chi connectivity index (χ1v) is 4.94. The molecule has 0 fully saturated rings. The standard InChI is InChI=1S/C12H14N2O/c1-7-8(2)13-12-6-10(14-9(3)15)4-5-11(7)12/h4-6,13H,1-3H3,(H,14,15). The highest BCUT2D eigenvalue weighted by atomic mass is 16.1. The average molecular weight is 202 g/mol. The van der Waals surface area contributed by atoms with Crippen LogP contribution in [0.2, 0.25) is 0 Å². The molecule has 1 aromatic heterocycles. The third kappa shape index (κ3) is 1.73. The van der Waals surface area contributed by atoms with Gasteiger partial charge in [0.2, 0.25) is 5.91 Å². The normalized spacial score (nSPS) is 10.6. The zero-order valence-electron chi connectivity index (χ0n) is 9.14. The average Bonchev–Trinajstić information content (AvgIpc) is 2.41. The molecule has 0 spiro atoms. The van der Waals surface area contributed by atoms with Crippen molar-refractivity contribution in [2.24, 2.45) is 0 Å². The smallest absolute Gasteiger partial charge is 0.221 e. The Kier molecular flexibility index (Phi) is 2.23. The van der Waals surface area contributed by atoms with Gasteiger partial charge in [0.15, 0.2) is 0 Å². The fraction of sp³-hybridized carbons (Fsp3) is 0.250. The van der Waals surface area contributed by atoms with E-state index in [9.17, 15) is 4.79 Å². The van der Waals surface area contributed by atoms with Crippen molar-refractivity contribution in [2.75, 3.05) is 5.32 Å². The van der Waals surface area contributed by atoms with Crippen molar-refractivity contribution < 1.29 is 4.79 Å². The largest absolute Gasteiger partial charge is 0.358 e. The summed E-state index contributed by atoms with van der Waals surface area (Å²) in [5, 5.41) is 3.98. The lowest BCUT2D eigenvalue weighted by Gasteiger charge is -2.01. The predicted octanol–water partition coefficient (Wildman–Crippen LogP) is 2.74. The monoisotopic (exact) mass is 202 g/mol. The van der Waals surface area contributed by atoms with Gasteiger partial charge in [-0.15, -0.1) is 0 Å². The van der Waals surface area contributed by atoms with Gasteiger partial charge in [-0.3, -0.25) is 4.79 Å². The van der Waals surface area contributed by atoms with Crippen LogP contribution in [-0.4, -0.2) is 10.9 Å². The fourth-order valence-electron chi connectivity index (χ4n) is 1.75. The molecule has 0 saturated heterocycles. The Balaban J connectivity index is 2.52. The molecule has 0 radical (unpaired) electrons. The third-order valence-electron chi connectivity index (χ3n) is 2.63. The maximum absolute atomic E-state index is 10.9. The number of amides is 1. The number of fused-ring (bicyclic) bond motifs is 1. The zero-order valence-corrected chi connectivity index (χ0v) is 9.14. The molecule has 0 saturated carbocycles. The highest BCUT2D eigenvalue weighted by Crippen LogP contribution is 2.23. The zero-order chi connectivity index (χ0) is 11.0. The second kappa shape index (κ2) is 3.42. The van der Waals surface area contributed by atoms with E-state index in [4.69, 9.17) is 0 Å². The molecule has 0 aliphatic rings. The molecule has 0 bridgehead atoms. The van der Waals surface area contributed by atoms with Gasteiger partial charge in [0.05, 0.1) is 0 Å². The Morgan fingerprint density at radius 3 is 2.73 bits per heavy atom. The minimum Gasteiger partial charge on any atom is -0.358 e. The number of hydrogen-bond donors (Lipinski definition) is 2. The van der Waals surface area contributed by atoms with Crippen molar-refractivity contribution in [3.05, 3.63) is 29.5 Å². The van der Waals surface area contributed by atoms with E-state index >= 15 is 0 Å². The SMILES string of the molecule is CC(=O)Nc1ccc2c(C)c(C)[nH]c2c1. The first-order valence-electron chi connectivity index (χ1n) is 4.94. The molecule has 1 amide bonds. The van der Waals surface area contributed by atoms with Crippen molar-refractivity contribution in [1.82, 2.24) is 4.98 Å². The minimum absolute atomic E-state index is 0.0469. The number of hydrogen-bond acceptors (Lipinski definition) is 1. The van der Waals surface area contributed by atoms with E-state index in [0.29, 0.717) is 0 Å². The van der Waals surface area contributed by atoms with Crippen LogP contribution in [0, 0.1) is 13.8 Å². The summed E-state index contributed by atoms with van der Waals surface area (Å²) in [6.45, 7) is 5.65. The number of aromatic nitrogens is 1. The lowest BCUT2D eigenvalue weighted by atomic mass is 10.1. The first kappa shape index (κ1) is 9.77. The number of carbonyl (C=O) groups excluding carboxylic acids is 1. The van der Waals surface area contributed by atoms with Crippen LogP contribution in [0.3, 0.4) is 0 Å². The molecule has 3 heteroatoms. The number of aryl methyl sites for hydroxylation is 2. The predicted molar refractivity (Wildman–Crippen MR) is 62.1 cm³/mol. The van der Waals surface area contributed by atoms with Crippen molar-refractivity contribution in [3.63, 3.8) is 0 Å². The molecule has 2 N–H and O–H groups in total. The minimum atomic E-state index is -0.0469. The summed E-state index contributed by atoms with van der Waals surface area (Å²) in [7, 11) is 0. The van der Waals surface area contributed by atoms with Crippen LogP contribution in [0.15, 0.2) is 18.2 Å². The van der Waals surface area contributed by atoms with Gasteiger partial charge in [-0.05, 0) is 31.5 Å². The number of carbonyl (C=O) groups is 1. The molecular formula is C12H14N2O. The summed E-state index contributed by atoms with van der Waals surface area (Å²) in [4.78, 5) is 14.2. The van der Waals surface area contributed by atoms with Crippen LogP contribution in [-0.2, 0) is 4.79 Å². The summed E-state index contributed by atoms with van der Waals surface area (Å²) < 4.78 is 0. The number of rotatable bonds is 1. The second-order valence-electron chi connectivity index (χ2n) is 3.82. The van der Waals surface area contributed by atoms with Gasteiger partial charge in [0.1, 0.15) is 0 Å². The summed E-state index contributed by atoms with van der Waals surface area (Å²) in [5.74, 6) is -0.0469. The van der Waals surface area contributed by atoms with E-state index in [1.165, 1.54) is 23.6 Å². The van der Waals surface area contributed by atoms with Crippen LogP contribution >= 0.6 is 0 Å². The Labute approximate surface area is 88.5 Å². The van der Waals surface area contributed by atoms with Crippen LogP contribution in [0.5, 0.6) is 0 Å². The maximum Gasteiger partial charge on any atom is 0.221 e. The topological polar surface area (TPSA) is 44.9 Å². The molecule has 78 valence electrons. The highest BCUT2D eigenvalue weighted by Gasteiger charge is 2.04. The first-order chi connectivity index (χ1) is 7.08. The summed E-state index contributed by atoms with van der Waals surface area (Å²) in [6, 6.07) is 5.90. The molecular weight excluding hydrogens is 188 g/mol. The summed E-state index contributed by atoms with van der Waals surface area (Å²) in [6.07, 6.45) is 0. The number of H-pyrrole nitrogens is 1. The van der Waals surface area contributed by atoms with Gasteiger partial charge in [0.25, 0.3) is 0 Å². The Bertz CT molecular complexity index is 526. The van der Waals surface area contributed by atoms with Gasteiger partial charge in [0, 0.05) is 29.2 Å². The highest BCUT2D eigenvalue weighted by molar-refractivity contribution is 5.93. The Morgan fingerprint density at radius 1 is 1.33 bits per heavy atom. The molecule has 0 unspecified atom stereocenters. The van der Waals surface area contributed by atoms with E-state index in [0.717, 1.165) is 11.2 Å². The number of nitrogens with one attached hydrogen (secondary N) is 2. The summed E-state index contributed by atoms with van der Waals surface area (Å²) >= 11 is 0. The summed E-state index contributed by atoms with van der Waals surface area (Å²) in [5.41, 5.74) is 4.33. The van der Waals surface area contributed by atoms with Crippen molar-refractivity contribution in [1.29, 1.82) is 0 Å². The van der Waals surface area contributed by atoms with Gasteiger partial charge in [-0.2, -0.15) is 0 Å². The number of anilines is 1. The molecule has 3 nitrogen and oxygen atoms in total. The van der Waals surface area contributed by atoms with Gasteiger partial charge < -0.3 is 10.3 Å². The van der Waals surface area contributed by atoms with Crippen LogP contribution in [0.25, 0.3) is 10.9 Å². The number of aromatic amines is 1. The molecule has 2 aromatic rings. The van der Waals surface area contributed by atoms with Crippen LogP contribution < -0.4 is 5.32 Å². The Hall–Kier alpha value is -1.77. The van der Waals surface area contributed by atoms with E-state index in [2.05, 4.69) is 17.2 Å². The lowest BCUT2D eigenvalue weighted by Crippen LogP contribution is -2.05. The molecule has 15 heavy (non-hydrogen) atoms. The van der Waals surface area contributed by atoms with Gasteiger partial charge in [-0.25, -0.2) is 0 Å². The third-order valence-corrected chi connectivity index (χ3v) is 2.63. The lowest BCUT2D eigenvalue weighted by molar-refractivity contribution is -0.114. The van der Waals surface area contributed by atoms with Crippen LogP contribution in [0.1, 0.15) is 18.2 Å². The molecule has 1 aromatic carbocycles. The van der Waals surface area contributed by atoms with E-state index in [1.807, 2.05) is 25.1 Å². The molecule has 0 atom stereocenters. The van der Waals surface area contributed by atoms with Crippen LogP contribution in [0.4, 0.5) is 5.69 Å². The molecule has 1 heterocycles. The van der Waals surface area contributed by atoms with E-state index in [-0.39, 0.29) is 5.91 Å². The van der Waals surface area contributed by atoms with Crippen molar-refractivity contribution >= 4 is 22.5 Å². The fourth-order valence-corrected chi connectivity index (χ4v) is 1.75. The maximum atomic E-state index is 10.9. The van der Waals surface area contributed by atoms with Gasteiger partial charge >= 0.3 is 0 Å². The van der Waals surface area contributed by atoms with E-state index < -0.39 is 0 Å². The second-order valence-corrected chi connectivity index (χ2v) is 3.82. The van der Waals surface area contributed by atoms with Crippen molar-refractivity contribution in [2.45, 2.75) is 20.8 Å². The van der Waals surface area contributed by atoms with Gasteiger partial charge in [-0.1, -0.05) is 6.07 Å².